The van der Waals surface area contributed by atoms with E-state index in [4.69, 9.17) is 10.5 Å². The summed E-state index contributed by atoms with van der Waals surface area (Å²) in [5.41, 5.74) is 5.53. The molecule has 1 unspecified atom stereocenters. The normalized spacial score (nSPS) is 13.5. The van der Waals surface area contributed by atoms with Crippen LogP contribution in [0.15, 0.2) is 17.0 Å². The minimum atomic E-state index is -3.78. The first kappa shape index (κ1) is 16.7. The van der Waals surface area contributed by atoms with Crippen molar-refractivity contribution in [1.29, 1.82) is 0 Å². The van der Waals surface area contributed by atoms with Crippen LogP contribution in [-0.2, 0) is 10.0 Å². The Balaban J connectivity index is 2.99. The van der Waals surface area contributed by atoms with Crippen molar-refractivity contribution in [1.82, 2.24) is 4.72 Å². The van der Waals surface area contributed by atoms with Gasteiger partial charge in [0.15, 0.2) is 11.6 Å². The predicted molar refractivity (Wildman–Crippen MR) is 76.6 cm³/mol. The summed E-state index contributed by atoms with van der Waals surface area (Å²) in [4.78, 5) is -0.204. The van der Waals surface area contributed by atoms with E-state index in [1.54, 1.807) is 0 Å². The summed E-state index contributed by atoms with van der Waals surface area (Å²) >= 11 is 0. The lowest BCUT2D eigenvalue weighted by atomic mass is 9.99. The van der Waals surface area contributed by atoms with E-state index in [2.05, 4.69) is 4.72 Å². The molecule has 0 amide bonds. The smallest absolute Gasteiger partial charge is 0.240 e. The summed E-state index contributed by atoms with van der Waals surface area (Å²) in [6, 6.07) is 2.09. The SMILES string of the molecule is COc1c(N)cc(S(=O)(=O)NCC(C)C(C)C)cc1F. The molecule has 0 aliphatic rings. The topological polar surface area (TPSA) is 81.4 Å². The van der Waals surface area contributed by atoms with Gasteiger partial charge in [0, 0.05) is 6.54 Å². The average Bonchev–Trinajstić information content (AvgIpc) is 2.35. The third-order valence-electron chi connectivity index (χ3n) is 3.29. The number of hydrogen-bond acceptors (Lipinski definition) is 4. The van der Waals surface area contributed by atoms with Gasteiger partial charge < -0.3 is 10.5 Å². The molecule has 0 spiro atoms. The fraction of sp³-hybridized carbons (Fsp3) is 0.538. The lowest BCUT2D eigenvalue weighted by Gasteiger charge is -2.16. The first-order chi connectivity index (χ1) is 9.19. The molecular weight excluding hydrogens is 283 g/mol. The van der Waals surface area contributed by atoms with E-state index in [-0.39, 0.29) is 28.8 Å². The number of anilines is 1. The van der Waals surface area contributed by atoms with Crippen LogP contribution in [0.3, 0.4) is 0 Å². The van der Waals surface area contributed by atoms with Gasteiger partial charge in [-0.3, -0.25) is 0 Å². The van der Waals surface area contributed by atoms with Crippen LogP contribution in [0.2, 0.25) is 0 Å². The first-order valence-corrected chi connectivity index (χ1v) is 7.80. The molecule has 0 fully saturated rings. The van der Waals surface area contributed by atoms with Gasteiger partial charge in [-0.15, -0.1) is 0 Å². The zero-order valence-corrected chi connectivity index (χ0v) is 12.9. The molecule has 3 N–H and O–H groups in total. The van der Waals surface area contributed by atoms with Crippen molar-refractivity contribution in [2.45, 2.75) is 25.7 Å². The Hall–Kier alpha value is -1.34. The number of nitrogens with one attached hydrogen (secondary N) is 1. The van der Waals surface area contributed by atoms with Gasteiger partial charge in [0.2, 0.25) is 10.0 Å². The Morgan fingerprint density at radius 3 is 2.40 bits per heavy atom. The van der Waals surface area contributed by atoms with E-state index in [9.17, 15) is 12.8 Å². The highest BCUT2D eigenvalue weighted by atomic mass is 32.2. The third-order valence-corrected chi connectivity index (χ3v) is 4.70. The zero-order chi connectivity index (χ0) is 15.5. The monoisotopic (exact) mass is 304 g/mol. The number of benzene rings is 1. The fourth-order valence-corrected chi connectivity index (χ4v) is 2.71. The van der Waals surface area contributed by atoms with Gasteiger partial charge >= 0.3 is 0 Å². The van der Waals surface area contributed by atoms with E-state index in [1.165, 1.54) is 13.2 Å². The lowest BCUT2D eigenvalue weighted by Crippen LogP contribution is -2.30. The highest BCUT2D eigenvalue weighted by Gasteiger charge is 2.20. The Kier molecular flexibility index (Phi) is 5.35. The zero-order valence-electron chi connectivity index (χ0n) is 12.1. The number of halogens is 1. The molecule has 0 aliphatic heterocycles. The van der Waals surface area contributed by atoms with E-state index in [0.717, 1.165) is 6.07 Å². The maximum Gasteiger partial charge on any atom is 0.240 e. The van der Waals surface area contributed by atoms with Crippen LogP contribution in [0.25, 0.3) is 0 Å². The minimum absolute atomic E-state index is 0.0511. The number of nitrogens with two attached hydrogens (primary N) is 1. The standard InChI is InChI=1S/C13H21FN2O3S/c1-8(2)9(3)7-16-20(17,18)10-5-11(14)13(19-4)12(15)6-10/h5-6,8-9,16H,7,15H2,1-4H3. The summed E-state index contributed by atoms with van der Waals surface area (Å²) in [6.45, 7) is 6.23. The van der Waals surface area contributed by atoms with Crippen molar-refractivity contribution >= 4 is 15.7 Å². The van der Waals surface area contributed by atoms with Gasteiger partial charge in [0.25, 0.3) is 0 Å². The largest absolute Gasteiger partial charge is 0.492 e. The molecule has 20 heavy (non-hydrogen) atoms. The first-order valence-electron chi connectivity index (χ1n) is 6.31. The molecule has 0 heterocycles. The predicted octanol–water partition coefficient (Wildman–Crippen LogP) is 1.99. The number of sulfonamides is 1. The highest BCUT2D eigenvalue weighted by Crippen LogP contribution is 2.28. The maximum atomic E-state index is 13.7. The summed E-state index contributed by atoms with van der Waals surface area (Å²) in [5.74, 6) is -0.440. The van der Waals surface area contributed by atoms with E-state index >= 15 is 0 Å². The highest BCUT2D eigenvalue weighted by molar-refractivity contribution is 7.89. The number of nitrogen functional groups attached to an aromatic ring is 1. The lowest BCUT2D eigenvalue weighted by molar-refractivity contribution is 0.388. The number of ether oxygens (including phenoxy) is 1. The molecule has 7 heteroatoms. The van der Waals surface area contributed by atoms with Gasteiger partial charge in [-0.2, -0.15) is 0 Å². The number of rotatable bonds is 6. The Labute approximate surface area is 119 Å². The summed E-state index contributed by atoms with van der Waals surface area (Å²) in [6.07, 6.45) is 0. The van der Waals surface area contributed by atoms with Crippen molar-refractivity contribution in [2.75, 3.05) is 19.4 Å². The fourth-order valence-electron chi connectivity index (χ4n) is 1.52. The van der Waals surface area contributed by atoms with Crippen LogP contribution in [0, 0.1) is 17.7 Å². The Bertz CT molecular complexity index is 550. The van der Waals surface area contributed by atoms with Gasteiger partial charge in [-0.05, 0) is 24.0 Å². The second-order valence-corrected chi connectivity index (χ2v) is 6.87. The van der Waals surface area contributed by atoms with Crippen LogP contribution in [0.4, 0.5) is 10.1 Å². The molecule has 1 aromatic carbocycles. The molecule has 0 radical (unpaired) electrons. The molecule has 0 saturated carbocycles. The van der Waals surface area contributed by atoms with Crippen LogP contribution in [0.1, 0.15) is 20.8 Å². The Morgan fingerprint density at radius 2 is 1.95 bits per heavy atom. The van der Waals surface area contributed by atoms with Crippen LogP contribution in [0.5, 0.6) is 5.75 Å². The van der Waals surface area contributed by atoms with Gasteiger partial charge in [-0.25, -0.2) is 17.5 Å². The van der Waals surface area contributed by atoms with Crippen molar-refractivity contribution in [2.24, 2.45) is 11.8 Å². The van der Waals surface area contributed by atoms with Gasteiger partial charge in [0.1, 0.15) is 0 Å². The van der Waals surface area contributed by atoms with Crippen LogP contribution < -0.4 is 15.2 Å². The van der Waals surface area contributed by atoms with Crippen LogP contribution in [-0.4, -0.2) is 22.1 Å². The van der Waals surface area contributed by atoms with E-state index in [1.807, 2.05) is 20.8 Å². The number of hydrogen-bond donors (Lipinski definition) is 2. The average molecular weight is 304 g/mol. The Morgan fingerprint density at radius 1 is 1.35 bits per heavy atom. The number of methoxy groups -OCH3 is 1. The molecule has 114 valence electrons. The van der Waals surface area contributed by atoms with Gasteiger partial charge in [-0.1, -0.05) is 20.8 Å². The van der Waals surface area contributed by atoms with E-state index in [0.29, 0.717) is 5.92 Å². The quantitative estimate of drug-likeness (QED) is 0.787. The molecule has 0 aliphatic carbocycles. The van der Waals surface area contributed by atoms with Crippen molar-refractivity contribution in [3.05, 3.63) is 17.9 Å². The molecule has 5 nitrogen and oxygen atoms in total. The summed E-state index contributed by atoms with van der Waals surface area (Å²) in [7, 11) is -2.52. The molecule has 1 rings (SSSR count). The second kappa shape index (κ2) is 6.41. The molecule has 0 bridgehead atoms. The van der Waals surface area contributed by atoms with Gasteiger partial charge in [0.05, 0.1) is 17.7 Å². The third kappa shape index (κ3) is 3.83. The maximum absolute atomic E-state index is 13.7. The molecular formula is C13H21FN2O3S. The van der Waals surface area contributed by atoms with E-state index < -0.39 is 15.8 Å². The summed E-state index contributed by atoms with van der Waals surface area (Å²) in [5, 5.41) is 0. The van der Waals surface area contributed by atoms with Crippen LogP contribution >= 0.6 is 0 Å². The second-order valence-electron chi connectivity index (χ2n) is 5.10. The minimum Gasteiger partial charge on any atom is -0.492 e. The molecule has 1 aromatic rings. The molecule has 1 atom stereocenters. The van der Waals surface area contributed by atoms with Crippen molar-refractivity contribution in [3.8, 4) is 5.75 Å². The molecule has 0 aromatic heterocycles. The van der Waals surface area contributed by atoms with Crippen molar-refractivity contribution < 1.29 is 17.5 Å². The summed E-state index contributed by atoms with van der Waals surface area (Å²) < 4.78 is 45.1. The molecule has 0 saturated heterocycles. The van der Waals surface area contributed by atoms with Crippen molar-refractivity contribution in [3.63, 3.8) is 0 Å².